The third kappa shape index (κ3) is 4.53. The largest absolute Gasteiger partial charge is 0.292 e. The highest BCUT2D eigenvalue weighted by Crippen LogP contribution is 2.33. The summed E-state index contributed by atoms with van der Waals surface area (Å²) in [5, 5.41) is 0. The molecule has 1 fully saturated rings. The van der Waals surface area contributed by atoms with Crippen LogP contribution >= 0.6 is 0 Å². The van der Waals surface area contributed by atoms with Gasteiger partial charge in [-0.05, 0) is 48.9 Å². The molecule has 0 spiro atoms. The molecule has 1 saturated carbocycles. The number of hydrogen-bond donors (Lipinski definition) is 0. The monoisotopic (exact) mass is 372 g/mol. The molecule has 0 radical (unpaired) electrons. The zero-order valence-electron chi connectivity index (χ0n) is 15.8. The molecule has 0 bridgehead atoms. The van der Waals surface area contributed by atoms with Gasteiger partial charge in [-0.2, -0.15) is 0 Å². The van der Waals surface area contributed by atoms with Crippen molar-refractivity contribution < 1.29 is 8.42 Å². The lowest BCUT2D eigenvalue weighted by Crippen LogP contribution is -2.29. The van der Waals surface area contributed by atoms with Crippen LogP contribution in [0.4, 0.5) is 0 Å². The van der Waals surface area contributed by atoms with Gasteiger partial charge >= 0.3 is 0 Å². The van der Waals surface area contributed by atoms with E-state index in [4.69, 9.17) is 0 Å². The van der Waals surface area contributed by atoms with Crippen LogP contribution in [0.25, 0.3) is 0 Å². The molecule has 0 aromatic heterocycles. The van der Waals surface area contributed by atoms with E-state index >= 15 is 0 Å². The number of rotatable bonds is 8. The topological polar surface area (TPSA) is 40.6 Å². The van der Waals surface area contributed by atoms with Crippen molar-refractivity contribution >= 4 is 10.0 Å². The second-order valence-electron chi connectivity index (χ2n) is 7.39. The normalized spacial score (nSPS) is 16.2. The summed E-state index contributed by atoms with van der Waals surface area (Å²) in [5.74, 6) is 0.773. The maximum Gasteiger partial charge on any atom is 0.242 e. The van der Waals surface area contributed by atoms with Crippen molar-refractivity contribution in [1.29, 1.82) is 0 Å². The molecular formula is C21H28N2O2S. The highest BCUT2D eigenvalue weighted by Gasteiger charge is 2.27. The van der Waals surface area contributed by atoms with Gasteiger partial charge in [0.05, 0.1) is 4.90 Å². The molecule has 1 aliphatic rings. The van der Waals surface area contributed by atoms with E-state index in [1.807, 2.05) is 24.3 Å². The predicted octanol–water partition coefficient (Wildman–Crippen LogP) is 3.91. The van der Waals surface area contributed by atoms with Crippen LogP contribution in [0, 0.1) is 5.92 Å². The lowest BCUT2D eigenvalue weighted by atomic mass is 10.1. The average Bonchev–Trinajstić information content (AvgIpc) is 3.45. The third-order valence-electron chi connectivity index (χ3n) is 5.08. The summed E-state index contributed by atoms with van der Waals surface area (Å²) < 4.78 is 26.1. The van der Waals surface area contributed by atoms with Gasteiger partial charge in [0.2, 0.25) is 10.0 Å². The van der Waals surface area contributed by atoms with Crippen molar-refractivity contribution in [3.8, 4) is 0 Å². The molecule has 4 nitrogen and oxygen atoms in total. The number of hydrogen-bond acceptors (Lipinski definition) is 3. The van der Waals surface area contributed by atoms with Crippen LogP contribution in [0.1, 0.15) is 36.9 Å². The van der Waals surface area contributed by atoms with Crippen LogP contribution in [0.2, 0.25) is 0 Å². The molecule has 3 rings (SSSR count). The van der Waals surface area contributed by atoms with Gasteiger partial charge in [-0.3, -0.25) is 4.90 Å². The van der Waals surface area contributed by atoms with E-state index in [1.54, 1.807) is 20.2 Å². The number of nitrogens with zero attached hydrogens (tertiary/aromatic N) is 2. The molecule has 0 heterocycles. The van der Waals surface area contributed by atoms with Crippen molar-refractivity contribution in [2.45, 2.75) is 37.2 Å². The highest BCUT2D eigenvalue weighted by molar-refractivity contribution is 7.89. The Labute approximate surface area is 157 Å². The molecule has 0 saturated heterocycles. The second kappa shape index (κ2) is 7.91. The SMILES string of the molecule is CC(c1ccccc1)N(Cc1cccc(S(=O)(=O)N(C)C)c1)CC1CC1. The average molecular weight is 373 g/mol. The summed E-state index contributed by atoms with van der Waals surface area (Å²) in [6.07, 6.45) is 2.60. The molecule has 140 valence electrons. The third-order valence-corrected chi connectivity index (χ3v) is 6.89. The molecule has 0 aliphatic heterocycles. The van der Waals surface area contributed by atoms with Gasteiger partial charge in [0.25, 0.3) is 0 Å². The van der Waals surface area contributed by atoms with Gasteiger partial charge in [-0.25, -0.2) is 12.7 Å². The first-order chi connectivity index (χ1) is 12.4. The molecule has 26 heavy (non-hydrogen) atoms. The van der Waals surface area contributed by atoms with Gasteiger partial charge < -0.3 is 0 Å². The summed E-state index contributed by atoms with van der Waals surface area (Å²) in [6, 6.07) is 18.2. The molecular weight excluding hydrogens is 344 g/mol. The first kappa shape index (κ1) is 19.1. The molecule has 2 aromatic rings. The van der Waals surface area contributed by atoms with Crippen LogP contribution in [-0.4, -0.2) is 38.3 Å². The molecule has 1 unspecified atom stereocenters. The van der Waals surface area contributed by atoms with Crippen LogP contribution < -0.4 is 0 Å². The Hall–Kier alpha value is -1.69. The maximum atomic E-state index is 12.4. The van der Waals surface area contributed by atoms with Crippen molar-refractivity contribution in [3.05, 3.63) is 65.7 Å². The first-order valence-corrected chi connectivity index (χ1v) is 10.6. The molecule has 1 atom stereocenters. The fraction of sp³-hybridized carbons (Fsp3) is 0.429. The standard InChI is InChI=1S/C21H28N2O2S/c1-17(20-9-5-4-6-10-20)23(15-18-12-13-18)16-19-8-7-11-21(14-19)26(24,25)22(2)3/h4-11,14,17-18H,12-13,15-16H2,1-3H3. The Bertz CT molecular complexity index is 830. The summed E-state index contributed by atoms with van der Waals surface area (Å²) >= 11 is 0. The number of sulfonamides is 1. The molecule has 2 aromatic carbocycles. The van der Waals surface area contributed by atoms with Crippen LogP contribution in [-0.2, 0) is 16.6 Å². The van der Waals surface area contributed by atoms with E-state index in [0.717, 1.165) is 24.6 Å². The summed E-state index contributed by atoms with van der Waals surface area (Å²) in [7, 11) is -0.267. The van der Waals surface area contributed by atoms with E-state index in [9.17, 15) is 8.42 Å². The van der Waals surface area contributed by atoms with E-state index < -0.39 is 10.0 Å². The lowest BCUT2D eigenvalue weighted by molar-refractivity contribution is 0.192. The van der Waals surface area contributed by atoms with Crippen molar-refractivity contribution in [2.75, 3.05) is 20.6 Å². The van der Waals surface area contributed by atoms with E-state index in [-0.39, 0.29) is 0 Å². The van der Waals surface area contributed by atoms with Crippen molar-refractivity contribution in [2.24, 2.45) is 5.92 Å². The minimum Gasteiger partial charge on any atom is -0.292 e. The zero-order chi connectivity index (χ0) is 18.7. The highest BCUT2D eigenvalue weighted by atomic mass is 32.2. The van der Waals surface area contributed by atoms with Gasteiger partial charge in [-0.1, -0.05) is 42.5 Å². The summed E-state index contributed by atoms with van der Waals surface area (Å²) in [4.78, 5) is 2.83. The van der Waals surface area contributed by atoms with E-state index in [2.05, 4.69) is 36.1 Å². The van der Waals surface area contributed by atoms with Crippen molar-refractivity contribution in [3.63, 3.8) is 0 Å². The molecule has 5 heteroatoms. The lowest BCUT2D eigenvalue weighted by Gasteiger charge is -2.30. The molecule has 1 aliphatic carbocycles. The smallest absolute Gasteiger partial charge is 0.242 e. The van der Waals surface area contributed by atoms with Gasteiger partial charge in [-0.15, -0.1) is 0 Å². The molecule has 0 N–H and O–H groups in total. The number of benzene rings is 2. The quantitative estimate of drug-likeness (QED) is 0.705. The second-order valence-corrected chi connectivity index (χ2v) is 9.55. The minimum atomic E-state index is -3.40. The van der Waals surface area contributed by atoms with Crippen LogP contribution in [0.3, 0.4) is 0 Å². The molecule has 0 amide bonds. The first-order valence-electron chi connectivity index (χ1n) is 9.18. The van der Waals surface area contributed by atoms with Crippen molar-refractivity contribution in [1.82, 2.24) is 9.21 Å². The fourth-order valence-corrected chi connectivity index (χ4v) is 4.16. The van der Waals surface area contributed by atoms with Gasteiger partial charge in [0.1, 0.15) is 0 Å². The van der Waals surface area contributed by atoms with E-state index in [1.165, 1.54) is 22.7 Å². The Morgan fingerprint density at radius 3 is 2.35 bits per heavy atom. The zero-order valence-corrected chi connectivity index (χ0v) is 16.6. The Balaban J connectivity index is 1.83. The minimum absolute atomic E-state index is 0.297. The van der Waals surface area contributed by atoms with Crippen LogP contribution in [0.5, 0.6) is 0 Å². The summed E-state index contributed by atoms with van der Waals surface area (Å²) in [5.41, 5.74) is 2.33. The van der Waals surface area contributed by atoms with Gasteiger partial charge in [0.15, 0.2) is 0 Å². The van der Waals surface area contributed by atoms with Gasteiger partial charge in [0, 0.05) is 33.2 Å². The summed E-state index contributed by atoms with van der Waals surface area (Å²) in [6.45, 7) is 4.04. The van der Waals surface area contributed by atoms with Crippen LogP contribution in [0.15, 0.2) is 59.5 Å². The van der Waals surface area contributed by atoms with E-state index in [0.29, 0.717) is 10.9 Å². The fourth-order valence-electron chi connectivity index (χ4n) is 3.18. The maximum absolute atomic E-state index is 12.4. The Morgan fingerprint density at radius 1 is 1.04 bits per heavy atom. The Kier molecular flexibility index (Phi) is 5.80. The Morgan fingerprint density at radius 2 is 1.73 bits per heavy atom. The predicted molar refractivity (Wildman–Crippen MR) is 105 cm³/mol.